The van der Waals surface area contributed by atoms with Crippen LogP contribution < -0.4 is 4.74 Å². The number of halogens is 3. The van der Waals surface area contributed by atoms with E-state index in [-0.39, 0.29) is 11.9 Å². The van der Waals surface area contributed by atoms with Gasteiger partial charge in [-0.3, -0.25) is 4.90 Å². The van der Waals surface area contributed by atoms with Gasteiger partial charge in [0.2, 0.25) is 5.88 Å². The second-order valence-corrected chi connectivity index (χ2v) is 7.12. The Morgan fingerprint density at radius 2 is 1.90 bits per heavy atom. The third-order valence-corrected chi connectivity index (χ3v) is 5.17. The molecular formula is C19H20F3N7O2. The van der Waals surface area contributed by atoms with Gasteiger partial charge in [0, 0.05) is 24.3 Å². The van der Waals surface area contributed by atoms with Crippen molar-refractivity contribution in [2.24, 2.45) is 0 Å². The number of alkyl halides is 3. The average Bonchev–Trinajstić information content (AvgIpc) is 3.29. The first-order valence-corrected chi connectivity index (χ1v) is 9.66. The fourth-order valence-corrected chi connectivity index (χ4v) is 3.60. The van der Waals surface area contributed by atoms with Crippen LogP contribution in [0.2, 0.25) is 0 Å². The van der Waals surface area contributed by atoms with Crippen molar-refractivity contribution < 1.29 is 23.0 Å². The largest absolute Gasteiger partial charge is 0.472 e. The number of pyridine rings is 1. The first-order chi connectivity index (χ1) is 14.8. The van der Waals surface area contributed by atoms with E-state index in [1.165, 1.54) is 17.2 Å². The Kier molecular flexibility index (Phi) is 5.83. The molecule has 0 amide bonds. The predicted octanol–water partition coefficient (Wildman–Crippen LogP) is 2.39. The number of aromatic nitrogens is 6. The van der Waals surface area contributed by atoms with Crippen LogP contribution in [-0.4, -0.2) is 58.6 Å². The van der Waals surface area contributed by atoms with Crippen molar-refractivity contribution in [3.8, 4) is 11.7 Å². The Balaban J connectivity index is 1.51. The summed E-state index contributed by atoms with van der Waals surface area (Å²) in [7, 11) is 0. The van der Waals surface area contributed by atoms with Crippen molar-refractivity contribution in [1.29, 1.82) is 0 Å². The molecule has 4 rings (SSSR count). The predicted molar refractivity (Wildman–Crippen MR) is 101 cm³/mol. The van der Waals surface area contributed by atoms with Crippen molar-refractivity contribution >= 4 is 0 Å². The quantitative estimate of drug-likeness (QED) is 0.652. The van der Waals surface area contributed by atoms with Gasteiger partial charge in [-0.1, -0.05) is 0 Å². The van der Waals surface area contributed by atoms with Gasteiger partial charge in [-0.2, -0.15) is 23.4 Å². The standard InChI is InChI=1S/C19H20F3N7O2/c1-12-14(31-16-11-24-15(10-25-16)19(20,21)22)5-3-9-28(12)18(30)13-4-2-6-23-17(13)29-26-7-8-27-29/h2,4,6-8,10-12,14,18,30H,3,5,9H2,1H3/t12-,14+,18?/m0/s1. The molecule has 12 heteroatoms. The van der Waals surface area contributed by atoms with E-state index in [0.717, 1.165) is 12.6 Å². The molecule has 0 spiro atoms. The Morgan fingerprint density at radius 1 is 1.13 bits per heavy atom. The molecule has 1 saturated heterocycles. The highest BCUT2D eigenvalue weighted by molar-refractivity contribution is 5.33. The summed E-state index contributed by atoms with van der Waals surface area (Å²) >= 11 is 0. The summed E-state index contributed by atoms with van der Waals surface area (Å²) in [6.45, 7) is 2.48. The summed E-state index contributed by atoms with van der Waals surface area (Å²) in [4.78, 5) is 14.6. The molecule has 9 nitrogen and oxygen atoms in total. The Hall–Kier alpha value is -3.12. The van der Waals surface area contributed by atoms with Crippen molar-refractivity contribution in [2.45, 2.75) is 44.3 Å². The van der Waals surface area contributed by atoms with Crippen LogP contribution in [0, 0.1) is 0 Å². The zero-order valence-corrected chi connectivity index (χ0v) is 16.5. The van der Waals surface area contributed by atoms with Crippen LogP contribution in [0.1, 0.15) is 37.3 Å². The number of ether oxygens (including phenoxy) is 1. The number of likely N-dealkylation sites (tertiary alicyclic amines) is 1. The highest BCUT2D eigenvalue weighted by atomic mass is 19.4. The number of hydrogen-bond acceptors (Lipinski definition) is 8. The molecule has 1 fully saturated rings. The number of aliphatic hydroxyl groups is 1. The molecule has 3 atom stereocenters. The van der Waals surface area contributed by atoms with Gasteiger partial charge in [-0.05, 0) is 31.9 Å². The lowest BCUT2D eigenvalue weighted by molar-refractivity contribution is -0.141. The monoisotopic (exact) mass is 435 g/mol. The maximum Gasteiger partial charge on any atom is 0.434 e. The van der Waals surface area contributed by atoms with Crippen molar-refractivity contribution in [3.05, 3.63) is 54.4 Å². The Morgan fingerprint density at radius 3 is 2.58 bits per heavy atom. The molecule has 0 bridgehead atoms. The van der Waals surface area contributed by atoms with Crippen LogP contribution in [0.15, 0.2) is 43.1 Å². The zero-order valence-electron chi connectivity index (χ0n) is 16.5. The maximum absolute atomic E-state index is 12.7. The number of nitrogens with zero attached hydrogens (tertiary/aromatic N) is 7. The van der Waals surface area contributed by atoms with Crippen molar-refractivity contribution in [2.75, 3.05) is 6.54 Å². The molecule has 164 valence electrons. The zero-order chi connectivity index (χ0) is 22.0. The molecule has 1 aliphatic rings. The topological polar surface area (TPSA) is 102 Å². The Labute approximate surface area is 175 Å². The molecular weight excluding hydrogens is 415 g/mol. The van der Waals surface area contributed by atoms with Crippen molar-refractivity contribution in [1.82, 2.24) is 34.8 Å². The third-order valence-electron chi connectivity index (χ3n) is 5.17. The molecule has 0 saturated carbocycles. The smallest absolute Gasteiger partial charge is 0.434 e. The first kappa shape index (κ1) is 21.1. The van der Waals surface area contributed by atoms with Gasteiger partial charge < -0.3 is 9.84 Å². The SMILES string of the molecule is C[C@H]1[C@H](Oc2cnc(C(F)(F)F)cn2)CCCN1C(O)c1cccnc1-n1nccn1. The van der Waals surface area contributed by atoms with E-state index >= 15 is 0 Å². The van der Waals surface area contributed by atoms with Crippen LogP contribution in [0.5, 0.6) is 5.88 Å². The minimum Gasteiger partial charge on any atom is -0.472 e. The molecule has 0 radical (unpaired) electrons. The lowest BCUT2D eigenvalue weighted by Crippen LogP contribution is -2.50. The van der Waals surface area contributed by atoms with E-state index in [2.05, 4.69) is 25.1 Å². The molecule has 31 heavy (non-hydrogen) atoms. The highest BCUT2D eigenvalue weighted by Crippen LogP contribution is 2.31. The van der Waals surface area contributed by atoms with Gasteiger partial charge in [-0.15, -0.1) is 4.80 Å². The fraction of sp³-hybridized carbons (Fsp3) is 0.421. The lowest BCUT2D eigenvalue weighted by atomic mass is 9.98. The summed E-state index contributed by atoms with van der Waals surface area (Å²) in [5, 5.41) is 19.3. The third kappa shape index (κ3) is 4.49. The molecule has 0 aromatic carbocycles. The van der Waals surface area contributed by atoms with E-state index in [1.54, 1.807) is 18.3 Å². The van der Waals surface area contributed by atoms with Gasteiger partial charge in [0.05, 0.1) is 24.8 Å². The first-order valence-electron chi connectivity index (χ1n) is 9.66. The normalized spacial score (nSPS) is 21.1. The number of aliphatic hydroxyl groups excluding tert-OH is 1. The van der Waals surface area contributed by atoms with E-state index < -0.39 is 24.2 Å². The molecule has 4 heterocycles. The summed E-state index contributed by atoms with van der Waals surface area (Å²) in [5.41, 5.74) is -0.551. The molecule has 0 aliphatic carbocycles. The van der Waals surface area contributed by atoms with Gasteiger partial charge in [0.15, 0.2) is 11.5 Å². The molecule has 3 aromatic rings. The number of rotatable bonds is 5. The average molecular weight is 435 g/mol. The lowest BCUT2D eigenvalue weighted by Gasteiger charge is -2.41. The van der Waals surface area contributed by atoms with Gasteiger partial charge >= 0.3 is 6.18 Å². The minimum absolute atomic E-state index is 0.00370. The fourth-order valence-electron chi connectivity index (χ4n) is 3.60. The molecule has 1 N–H and O–H groups in total. The summed E-state index contributed by atoms with van der Waals surface area (Å²) < 4.78 is 43.9. The summed E-state index contributed by atoms with van der Waals surface area (Å²) in [6, 6.07) is 3.20. The second-order valence-electron chi connectivity index (χ2n) is 7.12. The summed E-state index contributed by atoms with van der Waals surface area (Å²) in [6.07, 6.45) is 1.66. The van der Waals surface area contributed by atoms with Crippen LogP contribution in [0.4, 0.5) is 13.2 Å². The summed E-state index contributed by atoms with van der Waals surface area (Å²) in [5.74, 6) is 0.410. The maximum atomic E-state index is 12.7. The van der Waals surface area contributed by atoms with Crippen LogP contribution in [-0.2, 0) is 6.18 Å². The molecule has 3 aromatic heterocycles. The van der Waals surface area contributed by atoms with Crippen LogP contribution >= 0.6 is 0 Å². The van der Waals surface area contributed by atoms with E-state index in [0.29, 0.717) is 30.5 Å². The van der Waals surface area contributed by atoms with E-state index in [9.17, 15) is 18.3 Å². The Bertz CT molecular complexity index is 998. The minimum atomic E-state index is -4.56. The van der Waals surface area contributed by atoms with Crippen LogP contribution in [0.3, 0.4) is 0 Å². The molecule has 1 aliphatic heterocycles. The second kappa shape index (κ2) is 8.55. The van der Waals surface area contributed by atoms with Crippen LogP contribution in [0.25, 0.3) is 5.82 Å². The van der Waals surface area contributed by atoms with E-state index in [4.69, 9.17) is 4.74 Å². The number of piperidine rings is 1. The number of hydrogen-bond donors (Lipinski definition) is 1. The van der Waals surface area contributed by atoms with E-state index in [1.807, 2.05) is 11.8 Å². The van der Waals surface area contributed by atoms with Gasteiger partial charge in [0.1, 0.15) is 12.3 Å². The van der Waals surface area contributed by atoms with Gasteiger partial charge in [0.25, 0.3) is 0 Å². The highest BCUT2D eigenvalue weighted by Gasteiger charge is 2.36. The van der Waals surface area contributed by atoms with Gasteiger partial charge in [-0.25, -0.2) is 15.0 Å². The van der Waals surface area contributed by atoms with Crippen molar-refractivity contribution in [3.63, 3.8) is 0 Å². The molecule has 1 unspecified atom stereocenters.